The number of benzene rings is 2. The minimum absolute atomic E-state index is 0.171. The first-order chi connectivity index (χ1) is 12.5. The van der Waals surface area contributed by atoms with Gasteiger partial charge in [-0.25, -0.2) is 9.37 Å². The fourth-order valence-electron chi connectivity index (χ4n) is 2.37. The molecule has 2 aromatic carbocycles. The van der Waals surface area contributed by atoms with Crippen molar-refractivity contribution in [1.29, 1.82) is 0 Å². The molecule has 26 heavy (non-hydrogen) atoms. The lowest BCUT2D eigenvalue weighted by Gasteiger charge is -2.08. The maximum atomic E-state index is 13.2. The first-order valence-corrected chi connectivity index (χ1v) is 8.75. The summed E-state index contributed by atoms with van der Waals surface area (Å²) in [6.45, 7) is 1.88. The molecule has 2 N–H and O–H groups in total. The van der Waals surface area contributed by atoms with Crippen molar-refractivity contribution < 1.29 is 14.0 Å². The Kier molecular flexibility index (Phi) is 5.38. The molecule has 2 amide bonds. The molecule has 0 saturated carbocycles. The summed E-state index contributed by atoms with van der Waals surface area (Å²) < 4.78 is 13.2. The number of amides is 2. The highest BCUT2D eigenvalue weighted by atomic mass is 32.1. The predicted molar refractivity (Wildman–Crippen MR) is 100.0 cm³/mol. The third-order valence-corrected chi connectivity index (χ3v) is 4.32. The lowest BCUT2D eigenvalue weighted by molar-refractivity contribution is -0.115. The highest BCUT2D eigenvalue weighted by molar-refractivity contribution is 7.09. The van der Waals surface area contributed by atoms with E-state index in [9.17, 15) is 14.0 Å². The first-order valence-electron chi connectivity index (χ1n) is 7.87. The van der Waals surface area contributed by atoms with E-state index in [0.717, 1.165) is 5.01 Å². The van der Waals surface area contributed by atoms with E-state index in [1.54, 1.807) is 30.3 Å². The van der Waals surface area contributed by atoms with Crippen molar-refractivity contribution in [2.24, 2.45) is 0 Å². The smallest absolute Gasteiger partial charge is 0.255 e. The number of aryl methyl sites for hydroxylation is 1. The molecule has 0 aliphatic rings. The third-order valence-electron chi connectivity index (χ3n) is 3.50. The van der Waals surface area contributed by atoms with Crippen LogP contribution in [0.3, 0.4) is 0 Å². The van der Waals surface area contributed by atoms with Crippen molar-refractivity contribution in [3.8, 4) is 0 Å². The van der Waals surface area contributed by atoms with Crippen molar-refractivity contribution in [3.05, 3.63) is 76.0 Å². The topological polar surface area (TPSA) is 71.1 Å². The zero-order chi connectivity index (χ0) is 18.5. The van der Waals surface area contributed by atoms with Crippen molar-refractivity contribution >= 4 is 34.5 Å². The zero-order valence-electron chi connectivity index (χ0n) is 14.0. The molecule has 0 bridgehead atoms. The van der Waals surface area contributed by atoms with Crippen molar-refractivity contribution in [2.75, 3.05) is 10.6 Å². The molecule has 0 radical (unpaired) electrons. The van der Waals surface area contributed by atoms with E-state index >= 15 is 0 Å². The number of hydrogen-bond donors (Lipinski definition) is 2. The van der Waals surface area contributed by atoms with Crippen LogP contribution in [0.15, 0.2) is 53.9 Å². The molecule has 0 aliphatic carbocycles. The van der Waals surface area contributed by atoms with Crippen LogP contribution in [0, 0.1) is 12.7 Å². The molecule has 3 aromatic rings. The predicted octanol–water partition coefficient (Wildman–Crippen LogP) is 4.02. The molecular formula is C19H16FN3O2S. The van der Waals surface area contributed by atoms with E-state index in [2.05, 4.69) is 15.6 Å². The monoisotopic (exact) mass is 369 g/mol. The molecular weight excluding hydrogens is 353 g/mol. The first kappa shape index (κ1) is 17.8. The number of thiazole rings is 1. The van der Waals surface area contributed by atoms with Crippen LogP contribution in [0.4, 0.5) is 15.8 Å². The normalized spacial score (nSPS) is 10.4. The van der Waals surface area contributed by atoms with Crippen molar-refractivity contribution in [2.45, 2.75) is 13.3 Å². The summed E-state index contributed by atoms with van der Waals surface area (Å²) in [4.78, 5) is 28.7. The van der Waals surface area contributed by atoms with Gasteiger partial charge >= 0.3 is 0 Å². The summed E-state index contributed by atoms with van der Waals surface area (Å²) in [5, 5.41) is 8.13. The minimum Gasteiger partial charge on any atom is -0.326 e. The molecule has 1 aromatic heterocycles. The van der Waals surface area contributed by atoms with Crippen LogP contribution < -0.4 is 10.6 Å². The van der Waals surface area contributed by atoms with Gasteiger partial charge < -0.3 is 10.6 Å². The maximum absolute atomic E-state index is 13.2. The number of nitrogens with one attached hydrogen (secondary N) is 2. The van der Waals surface area contributed by atoms with Gasteiger partial charge in [-0.1, -0.05) is 12.1 Å². The van der Waals surface area contributed by atoms with Gasteiger partial charge in [0, 0.05) is 22.3 Å². The van der Waals surface area contributed by atoms with Crippen LogP contribution >= 0.6 is 11.3 Å². The van der Waals surface area contributed by atoms with Crippen LogP contribution in [0.25, 0.3) is 0 Å². The Morgan fingerprint density at radius 1 is 1.08 bits per heavy atom. The number of aromatic nitrogens is 1. The van der Waals surface area contributed by atoms with E-state index in [1.807, 2.05) is 12.3 Å². The van der Waals surface area contributed by atoms with Gasteiger partial charge in [-0.15, -0.1) is 11.3 Å². The average molecular weight is 369 g/mol. The number of anilines is 2. The van der Waals surface area contributed by atoms with E-state index < -0.39 is 5.82 Å². The Bertz CT molecular complexity index is 955. The second-order valence-corrected chi connectivity index (χ2v) is 6.69. The molecule has 0 saturated heterocycles. The van der Waals surface area contributed by atoms with Gasteiger partial charge in [0.25, 0.3) is 5.91 Å². The van der Waals surface area contributed by atoms with E-state index in [0.29, 0.717) is 22.6 Å². The maximum Gasteiger partial charge on any atom is 0.255 e. The number of carbonyl (C=O) groups excluding carboxylic acids is 2. The van der Waals surface area contributed by atoms with Gasteiger partial charge in [-0.2, -0.15) is 0 Å². The van der Waals surface area contributed by atoms with Gasteiger partial charge in [-0.3, -0.25) is 9.59 Å². The van der Waals surface area contributed by atoms with Gasteiger partial charge in [-0.05, 0) is 43.3 Å². The van der Waals surface area contributed by atoms with Crippen LogP contribution in [-0.4, -0.2) is 16.8 Å². The van der Waals surface area contributed by atoms with Crippen LogP contribution in [0.2, 0.25) is 0 Å². The summed E-state index contributed by atoms with van der Waals surface area (Å²) in [6.07, 6.45) is 0.171. The fraction of sp³-hybridized carbons (Fsp3) is 0.105. The summed E-state index contributed by atoms with van der Waals surface area (Å²) in [7, 11) is 0. The highest BCUT2D eigenvalue weighted by Crippen LogP contribution is 2.15. The zero-order valence-corrected chi connectivity index (χ0v) is 14.8. The standard InChI is InChI=1S/C19H16FN3O2S/c1-12-21-17(11-26-12)10-18(24)22-15-6-2-4-13(8-15)19(25)23-16-7-3-5-14(20)9-16/h2-9,11H,10H2,1H3,(H,22,24)(H,23,25). The quantitative estimate of drug-likeness (QED) is 0.713. The molecule has 0 aliphatic heterocycles. The van der Waals surface area contributed by atoms with Gasteiger partial charge in [0.1, 0.15) is 5.82 Å². The molecule has 5 nitrogen and oxygen atoms in total. The number of rotatable bonds is 5. The van der Waals surface area contributed by atoms with Crippen molar-refractivity contribution in [1.82, 2.24) is 4.98 Å². The van der Waals surface area contributed by atoms with Crippen LogP contribution in [-0.2, 0) is 11.2 Å². The van der Waals surface area contributed by atoms with Crippen molar-refractivity contribution in [3.63, 3.8) is 0 Å². The Balaban J connectivity index is 1.65. The summed E-state index contributed by atoms with van der Waals surface area (Å²) in [5.41, 5.74) is 1.94. The highest BCUT2D eigenvalue weighted by Gasteiger charge is 2.10. The molecule has 0 spiro atoms. The van der Waals surface area contributed by atoms with Crippen LogP contribution in [0.1, 0.15) is 21.1 Å². The molecule has 1 heterocycles. The molecule has 7 heteroatoms. The lowest BCUT2D eigenvalue weighted by Crippen LogP contribution is -2.16. The third kappa shape index (κ3) is 4.73. The number of nitrogens with zero attached hydrogens (tertiary/aromatic N) is 1. The fourth-order valence-corrected chi connectivity index (χ4v) is 2.98. The van der Waals surface area contributed by atoms with Gasteiger partial charge in [0.2, 0.25) is 5.91 Å². The minimum atomic E-state index is -0.430. The van der Waals surface area contributed by atoms with Gasteiger partial charge in [0.15, 0.2) is 0 Å². The Morgan fingerprint density at radius 3 is 2.50 bits per heavy atom. The second-order valence-electron chi connectivity index (χ2n) is 5.63. The number of carbonyl (C=O) groups is 2. The summed E-state index contributed by atoms with van der Waals surface area (Å²) >= 11 is 1.49. The molecule has 0 atom stereocenters. The van der Waals surface area contributed by atoms with Crippen LogP contribution in [0.5, 0.6) is 0 Å². The Morgan fingerprint density at radius 2 is 1.81 bits per heavy atom. The largest absolute Gasteiger partial charge is 0.326 e. The average Bonchev–Trinajstić information content (AvgIpc) is 2.99. The molecule has 3 rings (SSSR count). The summed E-state index contributed by atoms with van der Waals surface area (Å²) in [6, 6.07) is 12.2. The van der Waals surface area contributed by atoms with E-state index in [-0.39, 0.29) is 18.2 Å². The van der Waals surface area contributed by atoms with E-state index in [4.69, 9.17) is 0 Å². The SMILES string of the molecule is Cc1nc(CC(=O)Nc2cccc(C(=O)Nc3cccc(F)c3)c2)cs1. The molecule has 0 unspecified atom stereocenters. The summed E-state index contributed by atoms with van der Waals surface area (Å²) in [5.74, 6) is -1.03. The Hall–Kier alpha value is -3.06. The molecule has 132 valence electrons. The second kappa shape index (κ2) is 7.88. The number of halogens is 1. The number of hydrogen-bond acceptors (Lipinski definition) is 4. The van der Waals surface area contributed by atoms with Gasteiger partial charge in [0.05, 0.1) is 17.1 Å². The molecule has 0 fully saturated rings. The Labute approximate surface area is 153 Å². The lowest BCUT2D eigenvalue weighted by atomic mass is 10.1. The van der Waals surface area contributed by atoms with E-state index in [1.165, 1.54) is 29.5 Å².